The Morgan fingerprint density at radius 3 is 1.58 bits per heavy atom. The van der Waals surface area contributed by atoms with Crippen LogP contribution >= 0.6 is 0 Å². The van der Waals surface area contributed by atoms with Crippen LogP contribution in [0.15, 0.2) is 24.3 Å². The molecule has 0 spiro atoms. The van der Waals surface area contributed by atoms with Crippen LogP contribution in [0.2, 0.25) is 0 Å². The fourth-order valence-corrected chi connectivity index (χ4v) is 4.11. The van der Waals surface area contributed by atoms with Crippen molar-refractivity contribution in [1.82, 2.24) is 0 Å². The largest absolute Gasteiger partial charge is 0.0555 e. The highest BCUT2D eigenvalue weighted by molar-refractivity contribution is 5.87. The first-order valence-corrected chi connectivity index (χ1v) is 7.27. The van der Waals surface area contributed by atoms with Gasteiger partial charge in [0.15, 0.2) is 0 Å². The van der Waals surface area contributed by atoms with Crippen molar-refractivity contribution in [1.29, 1.82) is 0 Å². The zero-order valence-electron chi connectivity index (χ0n) is 12.2. The molecule has 0 aliphatic heterocycles. The van der Waals surface area contributed by atoms with Crippen molar-refractivity contribution < 1.29 is 0 Å². The maximum Gasteiger partial charge on any atom is 0.0159 e. The van der Waals surface area contributed by atoms with Gasteiger partial charge in [-0.1, -0.05) is 49.2 Å². The van der Waals surface area contributed by atoms with Gasteiger partial charge in [-0.15, -0.1) is 0 Å². The number of hydrogen-bond acceptors (Lipinski definition) is 0. The molecule has 0 radical (unpaired) electrons. The standard InChI is InChI=1S/C19H20/c1-11-7-13-5-6-14-8-12(2)10-16-18(14)17(13)15(9-11)19(16,3)4/h7-10H,5-6H2,1-4H3. The van der Waals surface area contributed by atoms with Gasteiger partial charge in [-0.3, -0.25) is 0 Å². The van der Waals surface area contributed by atoms with E-state index in [0.717, 1.165) is 0 Å². The van der Waals surface area contributed by atoms with Crippen molar-refractivity contribution in [3.8, 4) is 11.1 Å². The average Bonchev–Trinajstić information content (AvgIpc) is 2.56. The van der Waals surface area contributed by atoms with Crippen molar-refractivity contribution in [2.75, 3.05) is 0 Å². The normalized spacial score (nSPS) is 17.5. The van der Waals surface area contributed by atoms with Crippen molar-refractivity contribution in [3.05, 3.63) is 57.6 Å². The molecule has 0 heteroatoms. The van der Waals surface area contributed by atoms with E-state index >= 15 is 0 Å². The zero-order chi connectivity index (χ0) is 13.4. The van der Waals surface area contributed by atoms with Gasteiger partial charge in [-0.2, -0.15) is 0 Å². The van der Waals surface area contributed by atoms with Crippen LogP contribution in [0.5, 0.6) is 0 Å². The Hall–Kier alpha value is -1.56. The van der Waals surface area contributed by atoms with E-state index in [1.807, 2.05) is 0 Å². The molecule has 0 heterocycles. The van der Waals surface area contributed by atoms with Gasteiger partial charge in [0.1, 0.15) is 0 Å². The second-order valence-corrected chi connectivity index (χ2v) is 6.82. The maximum absolute atomic E-state index is 2.41. The highest BCUT2D eigenvalue weighted by Crippen LogP contribution is 2.53. The number of hydrogen-bond donors (Lipinski definition) is 0. The van der Waals surface area contributed by atoms with Gasteiger partial charge in [0.05, 0.1) is 0 Å². The lowest BCUT2D eigenvalue weighted by atomic mass is 9.81. The molecule has 0 N–H and O–H groups in total. The second kappa shape index (κ2) is 3.30. The van der Waals surface area contributed by atoms with Gasteiger partial charge >= 0.3 is 0 Å². The van der Waals surface area contributed by atoms with E-state index in [0.29, 0.717) is 0 Å². The maximum atomic E-state index is 2.41. The summed E-state index contributed by atoms with van der Waals surface area (Å²) in [6.45, 7) is 9.23. The first-order valence-electron chi connectivity index (χ1n) is 7.27. The van der Waals surface area contributed by atoms with Crippen LogP contribution in [-0.2, 0) is 18.3 Å². The minimum atomic E-state index is 0.163. The Balaban J connectivity index is 2.20. The summed E-state index contributed by atoms with van der Waals surface area (Å²) in [5, 5.41) is 0. The molecule has 2 aliphatic carbocycles. The molecule has 0 atom stereocenters. The Kier molecular flexibility index (Phi) is 1.96. The highest BCUT2D eigenvalue weighted by atomic mass is 14.4. The van der Waals surface area contributed by atoms with E-state index in [1.165, 1.54) is 24.0 Å². The minimum absolute atomic E-state index is 0.163. The molecule has 2 aromatic rings. The predicted molar refractivity (Wildman–Crippen MR) is 80.9 cm³/mol. The summed E-state index contributed by atoms with van der Waals surface area (Å²) in [6, 6.07) is 9.60. The number of aryl methyl sites for hydroxylation is 4. The van der Waals surface area contributed by atoms with E-state index in [-0.39, 0.29) is 5.41 Å². The minimum Gasteiger partial charge on any atom is -0.0555 e. The van der Waals surface area contributed by atoms with Crippen LogP contribution < -0.4 is 0 Å². The molecule has 19 heavy (non-hydrogen) atoms. The molecule has 0 bridgehead atoms. The van der Waals surface area contributed by atoms with Gasteiger partial charge in [-0.05, 0) is 60.1 Å². The van der Waals surface area contributed by atoms with E-state index in [2.05, 4.69) is 52.0 Å². The first kappa shape index (κ1) is 11.3. The van der Waals surface area contributed by atoms with Crippen LogP contribution in [0.4, 0.5) is 0 Å². The summed E-state index contributed by atoms with van der Waals surface area (Å²) in [4.78, 5) is 0. The zero-order valence-corrected chi connectivity index (χ0v) is 12.2. The van der Waals surface area contributed by atoms with Crippen LogP contribution in [0.1, 0.15) is 47.2 Å². The van der Waals surface area contributed by atoms with Gasteiger partial charge in [0, 0.05) is 5.41 Å². The summed E-state index contributed by atoms with van der Waals surface area (Å²) in [5.74, 6) is 0. The number of benzene rings is 2. The average molecular weight is 248 g/mol. The van der Waals surface area contributed by atoms with Crippen LogP contribution in [0.25, 0.3) is 11.1 Å². The summed E-state index contributed by atoms with van der Waals surface area (Å²) in [6.07, 6.45) is 2.41. The smallest absolute Gasteiger partial charge is 0.0159 e. The molecule has 2 aliphatic rings. The van der Waals surface area contributed by atoms with Gasteiger partial charge in [0.25, 0.3) is 0 Å². The van der Waals surface area contributed by atoms with Crippen molar-refractivity contribution >= 4 is 0 Å². The molecule has 0 aromatic heterocycles. The van der Waals surface area contributed by atoms with Gasteiger partial charge < -0.3 is 0 Å². The van der Waals surface area contributed by atoms with E-state index in [4.69, 9.17) is 0 Å². The Morgan fingerprint density at radius 1 is 0.737 bits per heavy atom. The molecule has 0 amide bonds. The molecule has 0 saturated heterocycles. The van der Waals surface area contributed by atoms with Crippen LogP contribution in [0.3, 0.4) is 0 Å². The van der Waals surface area contributed by atoms with E-state index < -0.39 is 0 Å². The lowest BCUT2D eigenvalue weighted by molar-refractivity contribution is 0.659. The second-order valence-electron chi connectivity index (χ2n) is 6.82. The summed E-state index contributed by atoms with van der Waals surface area (Å²) in [7, 11) is 0. The molecule has 0 nitrogen and oxygen atoms in total. The van der Waals surface area contributed by atoms with Crippen LogP contribution in [0, 0.1) is 13.8 Å². The monoisotopic (exact) mass is 248 g/mol. The predicted octanol–water partition coefficient (Wildman–Crippen LogP) is 4.71. The third-order valence-corrected chi connectivity index (χ3v) is 4.99. The van der Waals surface area contributed by atoms with Crippen molar-refractivity contribution in [3.63, 3.8) is 0 Å². The molecule has 96 valence electrons. The summed E-state index contributed by atoms with van der Waals surface area (Å²) in [5.41, 5.74) is 12.3. The SMILES string of the molecule is Cc1cc2c3c(c1)C(C)(C)c1cc(C)cc(c1-3)CC2. The van der Waals surface area contributed by atoms with Crippen LogP contribution in [-0.4, -0.2) is 0 Å². The van der Waals surface area contributed by atoms with E-state index in [9.17, 15) is 0 Å². The fourth-order valence-electron chi connectivity index (χ4n) is 4.11. The molecular formula is C19H20. The lowest BCUT2D eigenvalue weighted by Gasteiger charge is -2.22. The molecule has 0 saturated carbocycles. The van der Waals surface area contributed by atoms with Gasteiger partial charge in [-0.25, -0.2) is 0 Å². The first-order chi connectivity index (χ1) is 8.98. The molecule has 0 unspecified atom stereocenters. The quantitative estimate of drug-likeness (QED) is 0.633. The molecule has 4 rings (SSSR count). The number of rotatable bonds is 0. The Labute approximate surface area is 115 Å². The van der Waals surface area contributed by atoms with E-state index in [1.54, 1.807) is 33.4 Å². The van der Waals surface area contributed by atoms with Gasteiger partial charge in [0.2, 0.25) is 0 Å². The summed E-state index contributed by atoms with van der Waals surface area (Å²) >= 11 is 0. The topological polar surface area (TPSA) is 0 Å². The Bertz CT molecular complexity index is 656. The Morgan fingerprint density at radius 2 is 1.16 bits per heavy atom. The highest BCUT2D eigenvalue weighted by Gasteiger charge is 2.39. The van der Waals surface area contributed by atoms with Crippen molar-refractivity contribution in [2.45, 2.75) is 46.0 Å². The third-order valence-electron chi connectivity index (χ3n) is 4.99. The summed E-state index contributed by atoms with van der Waals surface area (Å²) < 4.78 is 0. The molecule has 2 aromatic carbocycles. The van der Waals surface area contributed by atoms with Crippen molar-refractivity contribution in [2.24, 2.45) is 0 Å². The molecule has 0 fully saturated rings. The third kappa shape index (κ3) is 1.30. The molecular weight excluding hydrogens is 228 g/mol. The fraction of sp³-hybridized carbons (Fsp3) is 0.368. The lowest BCUT2D eigenvalue weighted by Crippen LogP contribution is -2.15.